The highest BCUT2D eigenvalue weighted by atomic mass is 79.9. The maximum Gasteiger partial charge on any atom is 0.127 e. The van der Waals surface area contributed by atoms with Gasteiger partial charge < -0.3 is 10.3 Å². The number of imidazole rings is 1. The van der Waals surface area contributed by atoms with Crippen molar-refractivity contribution in [3.05, 3.63) is 16.1 Å². The zero-order chi connectivity index (χ0) is 9.42. The first-order valence-electron chi connectivity index (χ1n) is 4.64. The van der Waals surface area contributed by atoms with Crippen LogP contribution in [0.4, 0.5) is 0 Å². The van der Waals surface area contributed by atoms with Gasteiger partial charge in [0.15, 0.2) is 0 Å². The fraction of sp³-hybridized carbons (Fsp3) is 0.667. The van der Waals surface area contributed by atoms with Crippen molar-refractivity contribution in [2.24, 2.45) is 11.7 Å². The van der Waals surface area contributed by atoms with Crippen LogP contribution in [0.2, 0.25) is 0 Å². The summed E-state index contributed by atoms with van der Waals surface area (Å²) < 4.78 is 3.30. The van der Waals surface area contributed by atoms with Crippen LogP contribution < -0.4 is 5.73 Å². The van der Waals surface area contributed by atoms with Crippen LogP contribution in [-0.2, 0) is 13.0 Å². The van der Waals surface area contributed by atoms with Gasteiger partial charge in [-0.1, -0.05) is 0 Å². The molecule has 2 N–H and O–H groups in total. The summed E-state index contributed by atoms with van der Waals surface area (Å²) in [4.78, 5) is 4.40. The van der Waals surface area contributed by atoms with E-state index < -0.39 is 0 Å². The molecule has 0 amide bonds. The van der Waals surface area contributed by atoms with Gasteiger partial charge in [-0.05, 0) is 48.2 Å². The Kier molecular flexibility index (Phi) is 2.43. The maximum absolute atomic E-state index is 5.67. The van der Waals surface area contributed by atoms with E-state index in [0.717, 1.165) is 29.9 Å². The van der Waals surface area contributed by atoms with E-state index in [1.165, 1.54) is 12.1 Å². The molecule has 13 heavy (non-hydrogen) atoms. The van der Waals surface area contributed by atoms with Crippen LogP contribution in [0, 0.1) is 12.8 Å². The number of fused-ring (bicyclic) bond motifs is 1. The van der Waals surface area contributed by atoms with Gasteiger partial charge in [-0.25, -0.2) is 4.98 Å². The highest BCUT2D eigenvalue weighted by molar-refractivity contribution is 9.10. The van der Waals surface area contributed by atoms with Crippen molar-refractivity contribution >= 4 is 15.9 Å². The molecule has 1 aliphatic heterocycles. The molecule has 0 fully saturated rings. The van der Waals surface area contributed by atoms with E-state index in [-0.39, 0.29) is 0 Å². The van der Waals surface area contributed by atoms with Crippen LogP contribution in [-0.4, -0.2) is 16.1 Å². The van der Waals surface area contributed by atoms with Crippen molar-refractivity contribution in [1.82, 2.24) is 9.55 Å². The third kappa shape index (κ3) is 1.53. The van der Waals surface area contributed by atoms with Gasteiger partial charge in [-0.2, -0.15) is 0 Å². The first-order chi connectivity index (χ1) is 6.22. The number of nitrogens with two attached hydrogens (primary N) is 1. The number of nitrogens with zero attached hydrogens (tertiary/aromatic N) is 2. The zero-order valence-corrected chi connectivity index (χ0v) is 9.34. The summed E-state index contributed by atoms with van der Waals surface area (Å²) in [6.45, 7) is 3.87. The molecule has 1 aromatic heterocycles. The zero-order valence-electron chi connectivity index (χ0n) is 7.76. The van der Waals surface area contributed by atoms with Gasteiger partial charge in [0.25, 0.3) is 0 Å². The largest absolute Gasteiger partial charge is 0.331 e. The van der Waals surface area contributed by atoms with Gasteiger partial charge in [0.05, 0.1) is 5.69 Å². The third-order valence-corrected chi connectivity index (χ3v) is 3.41. The molecule has 0 spiro atoms. The van der Waals surface area contributed by atoms with Crippen molar-refractivity contribution in [2.45, 2.75) is 26.3 Å². The van der Waals surface area contributed by atoms with E-state index in [1.54, 1.807) is 0 Å². The first kappa shape index (κ1) is 9.21. The molecular weight excluding hydrogens is 230 g/mol. The topological polar surface area (TPSA) is 43.8 Å². The Balaban J connectivity index is 2.33. The summed E-state index contributed by atoms with van der Waals surface area (Å²) in [6.07, 6.45) is 2.30. The molecule has 0 bridgehead atoms. The van der Waals surface area contributed by atoms with Crippen molar-refractivity contribution < 1.29 is 0 Å². The highest BCUT2D eigenvalue weighted by Crippen LogP contribution is 2.26. The van der Waals surface area contributed by atoms with E-state index >= 15 is 0 Å². The predicted octanol–water partition coefficient (Wildman–Crippen LogP) is 1.48. The molecule has 0 radical (unpaired) electrons. The quantitative estimate of drug-likeness (QED) is 0.813. The van der Waals surface area contributed by atoms with Crippen molar-refractivity contribution in [2.75, 3.05) is 6.54 Å². The molecule has 2 rings (SSSR count). The number of hydrogen-bond acceptors (Lipinski definition) is 2. The fourth-order valence-corrected chi connectivity index (χ4v) is 2.61. The Morgan fingerprint density at radius 1 is 1.69 bits per heavy atom. The molecule has 4 heteroatoms. The van der Waals surface area contributed by atoms with Crippen LogP contribution in [0.1, 0.15) is 17.9 Å². The molecule has 1 atom stereocenters. The number of hydrogen-bond donors (Lipinski definition) is 1. The second-order valence-electron chi connectivity index (χ2n) is 3.65. The monoisotopic (exact) mass is 243 g/mol. The minimum Gasteiger partial charge on any atom is -0.331 e. The van der Waals surface area contributed by atoms with Crippen LogP contribution in [0.25, 0.3) is 0 Å². The lowest BCUT2D eigenvalue weighted by Crippen LogP contribution is -2.26. The summed E-state index contributed by atoms with van der Waals surface area (Å²) in [5, 5.41) is 0. The Labute approximate surface area is 86.5 Å². The molecular formula is C9H14BrN3. The van der Waals surface area contributed by atoms with Gasteiger partial charge >= 0.3 is 0 Å². The summed E-state index contributed by atoms with van der Waals surface area (Å²) in [5.41, 5.74) is 7.01. The lowest BCUT2D eigenvalue weighted by atomic mass is 9.98. The second kappa shape index (κ2) is 3.42. The lowest BCUT2D eigenvalue weighted by molar-refractivity contribution is 0.373. The van der Waals surface area contributed by atoms with Gasteiger partial charge in [0.2, 0.25) is 0 Å². The molecule has 72 valence electrons. The third-order valence-electron chi connectivity index (χ3n) is 2.78. The van der Waals surface area contributed by atoms with Crippen LogP contribution >= 0.6 is 15.9 Å². The van der Waals surface area contributed by atoms with E-state index in [2.05, 4.69) is 25.5 Å². The Morgan fingerprint density at radius 2 is 2.46 bits per heavy atom. The lowest BCUT2D eigenvalue weighted by Gasteiger charge is -2.23. The molecule has 0 aromatic carbocycles. The number of aromatic nitrogens is 2. The van der Waals surface area contributed by atoms with E-state index in [1.807, 2.05) is 6.92 Å². The minimum atomic E-state index is 0.632. The number of halogens is 1. The molecule has 1 aromatic rings. The Morgan fingerprint density at radius 3 is 3.15 bits per heavy atom. The Bertz CT molecular complexity index is 319. The minimum absolute atomic E-state index is 0.632. The maximum atomic E-state index is 5.67. The molecule has 0 saturated carbocycles. The summed E-state index contributed by atoms with van der Waals surface area (Å²) in [7, 11) is 0. The highest BCUT2D eigenvalue weighted by Gasteiger charge is 2.21. The van der Waals surface area contributed by atoms with Gasteiger partial charge in [0, 0.05) is 6.54 Å². The van der Waals surface area contributed by atoms with Crippen molar-refractivity contribution in [1.29, 1.82) is 0 Å². The van der Waals surface area contributed by atoms with E-state index in [9.17, 15) is 0 Å². The summed E-state index contributed by atoms with van der Waals surface area (Å²) in [6, 6.07) is 0. The van der Waals surface area contributed by atoms with E-state index in [4.69, 9.17) is 5.73 Å². The number of rotatable bonds is 1. The SMILES string of the molecule is Cc1nc(Br)c2n1CC(CN)CC2. The summed E-state index contributed by atoms with van der Waals surface area (Å²) in [5.74, 6) is 1.73. The average molecular weight is 244 g/mol. The van der Waals surface area contributed by atoms with Crippen molar-refractivity contribution in [3.8, 4) is 0 Å². The molecule has 1 unspecified atom stereocenters. The summed E-state index contributed by atoms with van der Waals surface area (Å²) >= 11 is 3.48. The van der Waals surface area contributed by atoms with E-state index in [0.29, 0.717) is 5.92 Å². The molecule has 2 heterocycles. The Hall–Kier alpha value is -0.350. The van der Waals surface area contributed by atoms with Gasteiger partial charge in [-0.3, -0.25) is 0 Å². The molecule has 0 saturated heterocycles. The first-order valence-corrected chi connectivity index (χ1v) is 5.43. The van der Waals surface area contributed by atoms with Crippen LogP contribution in [0.3, 0.4) is 0 Å². The smallest absolute Gasteiger partial charge is 0.127 e. The van der Waals surface area contributed by atoms with Crippen molar-refractivity contribution in [3.63, 3.8) is 0 Å². The van der Waals surface area contributed by atoms with Gasteiger partial charge in [-0.15, -0.1) is 0 Å². The normalized spacial score (nSPS) is 21.6. The van der Waals surface area contributed by atoms with Gasteiger partial charge in [0.1, 0.15) is 10.4 Å². The standard InChI is InChI=1S/C9H14BrN3/c1-6-12-9(10)8-3-2-7(4-11)5-13(6)8/h7H,2-5,11H2,1H3. The van der Waals surface area contributed by atoms with Crippen LogP contribution in [0.5, 0.6) is 0 Å². The number of aryl methyl sites for hydroxylation is 1. The van der Waals surface area contributed by atoms with Crippen LogP contribution in [0.15, 0.2) is 4.60 Å². The predicted molar refractivity (Wildman–Crippen MR) is 55.5 cm³/mol. The fourth-order valence-electron chi connectivity index (χ4n) is 1.94. The molecule has 0 aliphatic carbocycles. The average Bonchev–Trinajstić information content (AvgIpc) is 2.42. The molecule has 1 aliphatic rings. The molecule has 3 nitrogen and oxygen atoms in total. The second-order valence-corrected chi connectivity index (χ2v) is 4.40.